The van der Waals surface area contributed by atoms with E-state index in [9.17, 15) is 0 Å². The van der Waals surface area contributed by atoms with Gasteiger partial charge < -0.3 is 0 Å². The quantitative estimate of drug-likeness (QED) is 0.420. The molecule has 0 heterocycles. The third kappa shape index (κ3) is 3.27. The van der Waals surface area contributed by atoms with Gasteiger partial charge in [0.1, 0.15) is 0 Å². The van der Waals surface area contributed by atoms with Crippen LogP contribution in [-0.4, -0.2) is 29.6 Å². The van der Waals surface area contributed by atoms with Crippen molar-refractivity contribution >= 4 is 41.2 Å². The van der Waals surface area contributed by atoms with Crippen LogP contribution in [0.3, 0.4) is 0 Å². The van der Waals surface area contributed by atoms with E-state index in [0.29, 0.717) is 5.88 Å². The van der Waals surface area contributed by atoms with Gasteiger partial charge in [-0.2, -0.15) is 0 Å². The number of benzene rings is 1. The third-order valence-electron chi connectivity index (χ3n) is 0.942. The van der Waals surface area contributed by atoms with E-state index in [1.807, 2.05) is 24.3 Å². The molecule has 0 N–H and O–H groups in total. The van der Waals surface area contributed by atoms with Gasteiger partial charge in [0.2, 0.25) is 0 Å². The van der Waals surface area contributed by atoms with E-state index in [4.69, 9.17) is 11.6 Å². The Morgan fingerprint density at radius 2 is 1.89 bits per heavy atom. The summed E-state index contributed by atoms with van der Waals surface area (Å²) in [6.45, 7) is 0. The number of hydrogen-bond acceptors (Lipinski definition) is 0. The SMILES string of the molecule is ClCc1cc[c]cc1.[NaH]. The van der Waals surface area contributed by atoms with Crippen LogP contribution in [0.2, 0.25) is 0 Å². The van der Waals surface area contributed by atoms with Crippen LogP contribution in [0.25, 0.3) is 0 Å². The first kappa shape index (κ1) is 9.51. The summed E-state index contributed by atoms with van der Waals surface area (Å²) in [6.07, 6.45) is 0. The van der Waals surface area contributed by atoms with Gasteiger partial charge in [-0.25, -0.2) is 0 Å². The van der Waals surface area contributed by atoms with Gasteiger partial charge in [0, 0.05) is 5.88 Å². The molecule has 0 aromatic heterocycles. The summed E-state index contributed by atoms with van der Waals surface area (Å²) in [5.41, 5.74) is 1.14. The second-order valence-electron chi connectivity index (χ2n) is 1.54. The average Bonchev–Trinajstić information content (AvgIpc) is 1.90. The molecule has 1 rings (SSSR count). The van der Waals surface area contributed by atoms with E-state index in [-0.39, 0.29) is 29.6 Å². The van der Waals surface area contributed by atoms with Crippen LogP contribution in [0, 0.1) is 6.07 Å². The Hall–Kier alpha value is 0.510. The van der Waals surface area contributed by atoms with Crippen molar-refractivity contribution in [3.8, 4) is 0 Å². The Bertz CT molecular complexity index is 150. The molecule has 0 unspecified atom stereocenters. The molecule has 9 heavy (non-hydrogen) atoms. The molecule has 0 spiro atoms. The van der Waals surface area contributed by atoms with Crippen molar-refractivity contribution in [3.63, 3.8) is 0 Å². The van der Waals surface area contributed by atoms with Crippen LogP contribution in [-0.2, 0) is 5.88 Å². The molecular weight excluding hydrogens is 143 g/mol. The van der Waals surface area contributed by atoms with Gasteiger partial charge in [0.15, 0.2) is 0 Å². The molecule has 43 valence electrons. The normalized spacial score (nSPS) is 8.11. The van der Waals surface area contributed by atoms with Crippen LogP contribution in [0.1, 0.15) is 5.56 Å². The molecule has 0 bridgehead atoms. The number of hydrogen-bond donors (Lipinski definition) is 0. The van der Waals surface area contributed by atoms with Crippen LogP contribution in [0.5, 0.6) is 0 Å². The molecule has 0 aliphatic carbocycles. The van der Waals surface area contributed by atoms with Gasteiger partial charge in [-0.05, 0) is 11.6 Å². The summed E-state index contributed by atoms with van der Waals surface area (Å²) in [5, 5.41) is 0. The monoisotopic (exact) mass is 149 g/mol. The standard InChI is InChI=1S/C7H6Cl.Na.H/c8-6-7-4-2-1-3-5-7;;/h2-5H,6H2;;. The van der Waals surface area contributed by atoms with E-state index >= 15 is 0 Å². The fraction of sp³-hybridized carbons (Fsp3) is 0.143. The molecule has 0 saturated heterocycles. The molecule has 2 heteroatoms. The van der Waals surface area contributed by atoms with E-state index in [0.717, 1.165) is 5.56 Å². The van der Waals surface area contributed by atoms with Crippen molar-refractivity contribution in [2.24, 2.45) is 0 Å². The first-order valence-corrected chi connectivity index (χ1v) is 2.98. The molecule has 0 atom stereocenters. The third-order valence-corrected chi connectivity index (χ3v) is 1.25. The topological polar surface area (TPSA) is 0 Å². The summed E-state index contributed by atoms with van der Waals surface area (Å²) < 4.78 is 0. The molecule has 0 amide bonds. The van der Waals surface area contributed by atoms with Crippen molar-refractivity contribution in [2.45, 2.75) is 5.88 Å². The summed E-state index contributed by atoms with van der Waals surface area (Å²) >= 11 is 5.51. The molecule has 0 saturated carbocycles. The summed E-state index contributed by atoms with van der Waals surface area (Å²) in [4.78, 5) is 0. The van der Waals surface area contributed by atoms with E-state index in [1.54, 1.807) is 0 Å². The molecule has 0 nitrogen and oxygen atoms in total. The summed E-state index contributed by atoms with van der Waals surface area (Å²) in [6, 6.07) is 10.5. The zero-order valence-electron chi connectivity index (χ0n) is 4.39. The van der Waals surface area contributed by atoms with Gasteiger partial charge in [-0.15, -0.1) is 11.6 Å². The average molecular weight is 150 g/mol. The summed E-state index contributed by atoms with van der Waals surface area (Å²) in [7, 11) is 0. The first-order valence-electron chi connectivity index (χ1n) is 2.44. The van der Waals surface area contributed by atoms with Crippen molar-refractivity contribution in [3.05, 3.63) is 35.9 Å². The fourth-order valence-electron chi connectivity index (χ4n) is 0.510. The van der Waals surface area contributed by atoms with E-state index in [2.05, 4.69) is 6.07 Å². The second-order valence-corrected chi connectivity index (χ2v) is 1.81. The van der Waals surface area contributed by atoms with Gasteiger partial charge >= 0.3 is 29.6 Å². The van der Waals surface area contributed by atoms with Crippen LogP contribution in [0.4, 0.5) is 0 Å². The molecule has 0 fully saturated rings. The van der Waals surface area contributed by atoms with Gasteiger partial charge in [0.25, 0.3) is 0 Å². The number of rotatable bonds is 1. The van der Waals surface area contributed by atoms with Crippen molar-refractivity contribution in [1.82, 2.24) is 0 Å². The van der Waals surface area contributed by atoms with Gasteiger partial charge in [-0.1, -0.05) is 24.3 Å². The Morgan fingerprint density at radius 1 is 1.33 bits per heavy atom. The Labute approximate surface area is 82.5 Å². The zero-order valence-corrected chi connectivity index (χ0v) is 5.15. The van der Waals surface area contributed by atoms with Gasteiger partial charge in [-0.3, -0.25) is 0 Å². The van der Waals surface area contributed by atoms with E-state index < -0.39 is 0 Å². The zero-order chi connectivity index (χ0) is 5.82. The maximum atomic E-state index is 5.51. The van der Waals surface area contributed by atoms with Crippen molar-refractivity contribution in [1.29, 1.82) is 0 Å². The summed E-state index contributed by atoms with van der Waals surface area (Å²) in [5.74, 6) is 0.592. The van der Waals surface area contributed by atoms with Crippen molar-refractivity contribution < 1.29 is 0 Å². The Kier molecular flexibility index (Phi) is 5.61. The second kappa shape index (κ2) is 5.31. The molecular formula is C7H7ClNa. The maximum absolute atomic E-state index is 5.51. The molecule has 1 aromatic carbocycles. The van der Waals surface area contributed by atoms with E-state index in [1.165, 1.54) is 0 Å². The minimum atomic E-state index is 0. The molecule has 0 aliphatic rings. The molecule has 0 aliphatic heterocycles. The first-order chi connectivity index (χ1) is 3.93. The number of halogens is 1. The molecule has 1 radical (unpaired) electrons. The number of alkyl halides is 1. The predicted octanol–water partition coefficient (Wildman–Crippen LogP) is 1.58. The fourth-order valence-corrected chi connectivity index (χ4v) is 0.689. The Morgan fingerprint density at radius 3 is 2.22 bits per heavy atom. The van der Waals surface area contributed by atoms with Crippen LogP contribution in [0.15, 0.2) is 24.3 Å². The predicted molar refractivity (Wildman–Crippen MR) is 42.0 cm³/mol. The Balaban J connectivity index is 0.000000640. The minimum absolute atomic E-state index is 0. The van der Waals surface area contributed by atoms with Crippen molar-refractivity contribution in [2.75, 3.05) is 0 Å². The van der Waals surface area contributed by atoms with Gasteiger partial charge in [0.05, 0.1) is 0 Å². The molecule has 1 aromatic rings. The van der Waals surface area contributed by atoms with Crippen LogP contribution >= 0.6 is 11.6 Å². The van der Waals surface area contributed by atoms with Crippen LogP contribution < -0.4 is 0 Å².